The Labute approximate surface area is 149 Å². The van der Waals surface area contributed by atoms with Crippen LogP contribution < -0.4 is 20.1 Å². The Morgan fingerprint density at radius 1 is 1.31 bits per heavy atom. The number of pyridine rings is 1. The first-order chi connectivity index (χ1) is 12.7. The number of aromatic nitrogens is 3. The Morgan fingerprint density at radius 3 is 3.12 bits per heavy atom. The molecule has 0 atom stereocenters. The van der Waals surface area contributed by atoms with E-state index >= 15 is 0 Å². The summed E-state index contributed by atoms with van der Waals surface area (Å²) in [6, 6.07) is 10.7. The lowest BCUT2D eigenvalue weighted by Crippen LogP contribution is -2.28. The van der Waals surface area contributed by atoms with Gasteiger partial charge in [-0.05, 0) is 29.8 Å². The van der Waals surface area contributed by atoms with Gasteiger partial charge in [-0.3, -0.25) is 10.4 Å². The molecule has 1 aliphatic heterocycles. The highest BCUT2D eigenvalue weighted by Crippen LogP contribution is 2.35. The van der Waals surface area contributed by atoms with Crippen LogP contribution in [0.15, 0.2) is 42.6 Å². The predicted octanol–water partition coefficient (Wildman–Crippen LogP) is 2.69. The lowest BCUT2D eigenvalue weighted by Gasteiger charge is -2.17. The Balaban J connectivity index is 1.41. The van der Waals surface area contributed by atoms with Crippen molar-refractivity contribution >= 4 is 11.8 Å². The maximum atomic E-state index is 12.1. The Morgan fingerprint density at radius 2 is 2.23 bits per heavy atom. The van der Waals surface area contributed by atoms with Gasteiger partial charge in [-0.15, -0.1) is 0 Å². The lowest BCUT2D eigenvalue weighted by molar-refractivity contribution is 0.251. The summed E-state index contributed by atoms with van der Waals surface area (Å²) in [6.45, 7) is 0.754. The van der Waals surface area contributed by atoms with Gasteiger partial charge in [0.25, 0.3) is 0 Å². The second-order valence-corrected chi connectivity index (χ2v) is 5.76. The smallest absolute Gasteiger partial charge is 0.320 e. The van der Waals surface area contributed by atoms with Crippen molar-refractivity contribution in [1.29, 1.82) is 0 Å². The van der Waals surface area contributed by atoms with Gasteiger partial charge in [0, 0.05) is 17.7 Å². The summed E-state index contributed by atoms with van der Waals surface area (Å²) < 4.78 is 10.8. The molecule has 8 nitrogen and oxygen atoms in total. The number of nitrogens with zero attached hydrogens (tertiary/aromatic N) is 2. The molecule has 8 heteroatoms. The molecule has 2 amide bonds. The van der Waals surface area contributed by atoms with Crippen molar-refractivity contribution < 1.29 is 14.3 Å². The number of amides is 2. The molecule has 1 aromatic carbocycles. The summed E-state index contributed by atoms with van der Waals surface area (Å²) in [5, 5.41) is 12.4. The molecule has 0 saturated carbocycles. The number of nitrogens with one attached hydrogen (secondary N) is 3. The maximum Gasteiger partial charge on any atom is 0.320 e. The topological polar surface area (TPSA) is 101 Å². The number of H-pyrrole nitrogens is 1. The fourth-order valence-electron chi connectivity index (χ4n) is 2.75. The fraction of sp³-hybridized carbons (Fsp3) is 0.167. The van der Waals surface area contributed by atoms with Crippen molar-refractivity contribution in [2.45, 2.75) is 13.2 Å². The molecule has 0 unspecified atom stereocenters. The lowest BCUT2D eigenvalue weighted by atomic mass is 10.1. The van der Waals surface area contributed by atoms with Crippen LogP contribution in [0.2, 0.25) is 0 Å². The number of carbonyl (C=O) groups excluding carboxylic acids is 1. The zero-order chi connectivity index (χ0) is 17.9. The Kier molecular flexibility index (Phi) is 4.14. The first-order valence-corrected chi connectivity index (χ1v) is 8.07. The van der Waals surface area contributed by atoms with E-state index < -0.39 is 0 Å². The number of carbonyl (C=O) groups is 1. The van der Waals surface area contributed by atoms with E-state index in [-0.39, 0.29) is 6.03 Å². The molecule has 3 heterocycles. The van der Waals surface area contributed by atoms with E-state index in [4.69, 9.17) is 9.47 Å². The molecular weight excluding hydrogens is 334 g/mol. The monoisotopic (exact) mass is 351 g/mol. The second kappa shape index (κ2) is 6.75. The van der Waals surface area contributed by atoms with Crippen LogP contribution in [0.5, 0.6) is 11.6 Å². The van der Waals surface area contributed by atoms with Gasteiger partial charge in [0.2, 0.25) is 5.88 Å². The van der Waals surface area contributed by atoms with E-state index in [9.17, 15) is 4.79 Å². The molecule has 1 aliphatic rings. The normalized spacial score (nSPS) is 11.7. The number of anilines is 1. The summed E-state index contributed by atoms with van der Waals surface area (Å²) in [5.41, 5.74) is 3.67. The molecule has 26 heavy (non-hydrogen) atoms. The zero-order valence-electron chi connectivity index (χ0n) is 14.1. The van der Waals surface area contributed by atoms with E-state index in [0.29, 0.717) is 24.8 Å². The molecule has 0 fully saturated rings. The highest BCUT2D eigenvalue weighted by molar-refractivity contribution is 5.88. The van der Waals surface area contributed by atoms with E-state index in [0.717, 1.165) is 28.1 Å². The molecule has 3 N–H and O–H groups in total. The van der Waals surface area contributed by atoms with Crippen LogP contribution in [0.25, 0.3) is 11.1 Å². The fourth-order valence-corrected chi connectivity index (χ4v) is 2.75. The third kappa shape index (κ3) is 3.16. The molecule has 2 aromatic heterocycles. The van der Waals surface area contributed by atoms with Gasteiger partial charge in [-0.2, -0.15) is 10.1 Å². The van der Waals surface area contributed by atoms with Gasteiger partial charge >= 0.3 is 6.03 Å². The molecule has 0 bridgehead atoms. The first-order valence-electron chi connectivity index (χ1n) is 8.07. The van der Waals surface area contributed by atoms with Crippen molar-refractivity contribution in [1.82, 2.24) is 20.5 Å². The van der Waals surface area contributed by atoms with Crippen molar-refractivity contribution in [3.05, 3.63) is 53.9 Å². The van der Waals surface area contributed by atoms with Gasteiger partial charge < -0.3 is 14.8 Å². The first kappa shape index (κ1) is 15.9. The van der Waals surface area contributed by atoms with Crippen molar-refractivity contribution in [2.75, 3.05) is 12.4 Å². The number of hydrogen-bond acceptors (Lipinski definition) is 5. The van der Waals surface area contributed by atoms with E-state index in [1.807, 2.05) is 30.3 Å². The minimum absolute atomic E-state index is 0.347. The number of ether oxygens (including phenoxy) is 2. The summed E-state index contributed by atoms with van der Waals surface area (Å²) in [6.07, 6.45) is 1.74. The molecule has 0 radical (unpaired) electrons. The molecule has 4 rings (SSSR count). The van der Waals surface area contributed by atoms with Crippen LogP contribution >= 0.6 is 0 Å². The minimum atomic E-state index is -0.347. The van der Waals surface area contributed by atoms with Crippen LogP contribution in [0, 0.1) is 0 Å². The summed E-state index contributed by atoms with van der Waals surface area (Å²) in [7, 11) is 1.61. The minimum Gasteiger partial charge on any atom is -0.497 e. The van der Waals surface area contributed by atoms with Crippen LogP contribution in [0.1, 0.15) is 11.3 Å². The van der Waals surface area contributed by atoms with Crippen LogP contribution in [0.4, 0.5) is 10.6 Å². The Hall–Kier alpha value is -3.55. The van der Waals surface area contributed by atoms with Crippen molar-refractivity contribution in [3.63, 3.8) is 0 Å². The number of benzene rings is 1. The Bertz CT molecular complexity index is 954. The second-order valence-electron chi connectivity index (χ2n) is 5.76. The summed E-state index contributed by atoms with van der Waals surface area (Å²) >= 11 is 0. The number of aromatic amines is 1. The van der Waals surface area contributed by atoms with Crippen molar-refractivity contribution in [2.24, 2.45) is 0 Å². The number of urea groups is 1. The number of fused-ring (bicyclic) bond motifs is 3. The standard InChI is InChI=1S/C18H17N5O3/c1-25-12-4-2-3-11(7-12)8-19-18(24)22-16-6-5-13-14-9-20-23-15(14)10-26-17(13)21-16/h2-7,9H,8,10H2,1H3,(H,20,23)(H2,19,21,22,24). The summed E-state index contributed by atoms with van der Waals surface area (Å²) in [4.78, 5) is 16.5. The van der Waals surface area contributed by atoms with Gasteiger partial charge in [0.1, 0.15) is 18.2 Å². The number of hydrogen-bond donors (Lipinski definition) is 3. The molecule has 0 aliphatic carbocycles. The average Bonchev–Trinajstić information content (AvgIpc) is 3.15. The van der Waals surface area contributed by atoms with Crippen LogP contribution in [-0.2, 0) is 13.2 Å². The van der Waals surface area contributed by atoms with E-state index in [1.165, 1.54) is 0 Å². The highest BCUT2D eigenvalue weighted by Gasteiger charge is 2.20. The van der Waals surface area contributed by atoms with E-state index in [2.05, 4.69) is 25.8 Å². The number of methoxy groups -OCH3 is 1. The predicted molar refractivity (Wildman–Crippen MR) is 95.0 cm³/mol. The van der Waals surface area contributed by atoms with Gasteiger partial charge in [-0.1, -0.05) is 12.1 Å². The molecule has 0 saturated heterocycles. The van der Waals surface area contributed by atoms with Gasteiger partial charge in [-0.25, -0.2) is 4.79 Å². The maximum absolute atomic E-state index is 12.1. The number of rotatable bonds is 4. The summed E-state index contributed by atoms with van der Waals surface area (Å²) in [5.74, 6) is 1.64. The third-order valence-corrected chi connectivity index (χ3v) is 4.05. The molecule has 132 valence electrons. The molecular formula is C18H17N5O3. The van der Waals surface area contributed by atoms with Gasteiger partial charge in [0.15, 0.2) is 0 Å². The SMILES string of the molecule is COc1cccc(CNC(=O)Nc2ccc3c(n2)OCc2[nH]ncc2-3)c1. The van der Waals surface area contributed by atoms with E-state index in [1.54, 1.807) is 19.4 Å². The molecule has 0 spiro atoms. The van der Waals surface area contributed by atoms with Gasteiger partial charge in [0.05, 0.1) is 19.0 Å². The third-order valence-electron chi connectivity index (χ3n) is 4.05. The van der Waals surface area contributed by atoms with Crippen LogP contribution in [0.3, 0.4) is 0 Å². The largest absolute Gasteiger partial charge is 0.497 e. The van der Waals surface area contributed by atoms with Crippen LogP contribution in [-0.4, -0.2) is 28.3 Å². The highest BCUT2D eigenvalue weighted by atomic mass is 16.5. The average molecular weight is 351 g/mol. The van der Waals surface area contributed by atoms with Crippen molar-refractivity contribution in [3.8, 4) is 22.8 Å². The quantitative estimate of drug-likeness (QED) is 0.671. The molecule has 3 aromatic rings. The zero-order valence-corrected chi connectivity index (χ0v) is 14.1.